The zero-order valence-corrected chi connectivity index (χ0v) is 23.8. The zero-order chi connectivity index (χ0) is 22.0. The number of halogens is 4. The number of ether oxygens (including phenoxy) is 2. The summed E-state index contributed by atoms with van der Waals surface area (Å²) in [5.41, 5.74) is 3.01. The minimum Gasteiger partial charge on any atom is -0.487 e. The van der Waals surface area contributed by atoms with E-state index in [0.717, 1.165) is 34.1 Å². The molecule has 3 aromatic rings. The number of aliphatic imine (C=N–C) groups is 1. The molecule has 31 heavy (non-hydrogen) atoms. The van der Waals surface area contributed by atoms with Crippen LogP contribution in [0.1, 0.15) is 16.7 Å². The summed E-state index contributed by atoms with van der Waals surface area (Å²) in [6.45, 7) is 0.498. The minimum absolute atomic E-state index is 0.268. The van der Waals surface area contributed by atoms with E-state index < -0.39 is 5.97 Å². The molecule has 0 bridgehead atoms. The van der Waals surface area contributed by atoms with Crippen molar-refractivity contribution >= 4 is 102 Å². The van der Waals surface area contributed by atoms with E-state index in [1.165, 1.54) is 3.57 Å². The molecule has 0 radical (unpaired) electrons. The number of hydrogen-bond donors (Lipinski definition) is 0. The van der Waals surface area contributed by atoms with Gasteiger partial charge in [0.1, 0.15) is 12.4 Å². The molecule has 0 aliphatic carbocycles. The summed E-state index contributed by atoms with van der Waals surface area (Å²) >= 11 is 10.3. The molecule has 3 aromatic carbocycles. The molecule has 0 amide bonds. The van der Waals surface area contributed by atoms with Crippen molar-refractivity contribution in [3.05, 3.63) is 98.2 Å². The third kappa shape index (κ3) is 5.50. The molecule has 0 saturated carbocycles. The van der Waals surface area contributed by atoms with E-state index in [1.54, 1.807) is 6.08 Å². The first-order chi connectivity index (χ1) is 14.9. The molecule has 8 heteroatoms. The van der Waals surface area contributed by atoms with Crippen molar-refractivity contribution in [3.63, 3.8) is 0 Å². The van der Waals surface area contributed by atoms with Gasteiger partial charge in [-0.25, -0.2) is 9.79 Å². The third-order valence-electron chi connectivity index (χ3n) is 4.38. The van der Waals surface area contributed by atoms with Crippen LogP contribution in [-0.4, -0.2) is 11.9 Å². The Bertz CT molecular complexity index is 1220. The summed E-state index contributed by atoms with van der Waals surface area (Å²) < 4.78 is 15.4. The zero-order valence-electron chi connectivity index (χ0n) is 15.7. The molecule has 0 atom stereocenters. The Morgan fingerprint density at radius 2 is 1.65 bits per heavy atom. The maximum Gasteiger partial charge on any atom is 0.363 e. The van der Waals surface area contributed by atoms with Gasteiger partial charge in [-0.2, -0.15) is 0 Å². The van der Waals surface area contributed by atoms with Gasteiger partial charge in [0.2, 0.25) is 5.90 Å². The smallest absolute Gasteiger partial charge is 0.363 e. The Labute approximate surface area is 229 Å². The van der Waals surface area contributed by atoms with Gasteiger partial charge < -0.3 is 9.47 Å². The van der Waals surface area contributed by atoms with E-state index in [1.807, 2.05) is 48.5 Å². The molecule has 156 valence electrons. The van der Waals surface area contributed by atoms with Gasteiger partial charge in [0.25, 0.3) is 0 Å². The van der Waals surface area contributed by atoms with Gasteiger partial charge in [-0.1, -0.05) is 30.3 Å². The number of esters is 1. The molecule has 0 aromatic heterocycles. The Morgan fingerprint density at radius 1 is 0.968 bits per heavy atom. The standard InChI is InChI=1S/C23H13BrI3NO3/c24-16-7-3-2-6-15(16)22-28-20(23(29)31-22)11-13-9-18(26)21(19(27)10-13)30-12-14-5-1-4-8-17(14)25/h1-11H,12H2/b20-11-. The second-order valence-electron chi connectivity index (χ2n) is 6.51. The van der Waals surface area contributed by atoms with Crippen LogP contribution in [-0.2, 0) is 16.1 Å². The lowest BCUT2D eigenvalue weighted by atomic mass is 10.2. The maximum absolute atomic E-state index is 12.4. The highest BCUT2D eigenvalue weighted by Crippen LogP contribution is 2.32. The normalized spacial score (nSPS) is 14.5. The average molecular weight is 812 g/mol. The number of cyclic esters (lactones) is 1. The fourth-order valence-corrected chi connectivity index (χ4v) is 6.01. The van der Waals surface area contributed by atoms with Crippen LogP contribution in [0.4, 0.5) is 0 Å². The number of rotatable bonds is 5. The Morgan fingerprint density at radius 3 is 2.35 bits per heavy atom. The van der Waals surface area contributed by atoms with E-state index in [0.29, 0.717) is 12.5 Å². The third-order valence-corrected chi connectivity index (χ3v) is 7.73. The second kappa shape index (κ2) is 10.3. The van der Waals surface area contributed by atoms with Gasteiger partial charge in [-0.15, -0.1) is 0 Å². The highest BCUT2D eigenvalue weighted by Gasteiger charge is 2.25. The fraction of sp³-hybridized carbons (Fsp3) is 0.0435. The molecule has 0 fully saturated rings. The summed E-state index contributed by atoms with van der Waals surface area (Å²) in [5, 5.41) is 0. The van der Waals surface area contributed by atoms with Crippen molar-refractivity contribution in [1.29, 1.82) is 0 Å². The van der Waals surface area contributed by atoms with Crippen molar-refractivity contribution in [1.82, 2.24) is 0 Å². The van der Waals surface area contributed by atoms with E-state index >= 15 is 0 Å². The second-order valence-corrected chi connectivity index (χ2v) is 10.9. The van der Waals surface area contributed by atoms with Gasteiger partial charge >= 0.3 is 5.97 Å². The molecule has 0 spiro atoms. The number of hydrogen-bond acceptors (Lipinski definition) is 4. The van der Waals surface area contributed by atoms with E-state index in [-0.39, 0.29) is 5.70 Å². The molecule has 1 heterocycles. The fourth-order valence-electron chi connectivity index (χ4n) is 2.88. The Hall–Kier alpha value is -0.990. The lowest BCUT2D eigenvalue weighted by Gasteiger charge is -2.12. The van der Waals surface area contributed by atoms with Crippen LogP contribution in [0, 0.1) is 10.7 Å². The minimum atomic E-state index is -0.463. The van der Waals surface area contributed by atoms with E-state index in [2.05, 4.69) is 101 Å². The van der Waals surface area contributed by atoms with Crippen LogP contribution in [0.5, 0.6) is 5.75 Å². The molecule has 0 unspecified atom stereocenters. The maximum atomic E-state index is 12.4. The molecule has 4 rings (SSSR count). The van der Waals surface area contributed by atoms with Gasteiger partial charge in [0, 0.05) is 13.6 Å². The molecule has 4 nitrogen and oxygen atoms in total. The number of nitrogens with zero attached hydrogens (tertiary/aromatic N) is 1. The predicted molar refractivity (Wildman–Crippen MR) is 150 cm³/mol. The summed E-state index contributed by atoms with van der Waals surface area (Å²) in [5.74, 6) is 0.662. The molecule has 1 aliphatic heterocycles. The molecule has 0 saturated heterocycles. The molecule has 1 aliphatic rings. The quantitative estimate of drug-likeness (QED) is 0.156. The predicted octanol–water partition coefficient (Wildman–Crippen LogP) is 7.19. The number of carbonyl (C=O) groups excluding carboxylic acids is 1. The summed E-state index contributed by atoms with van der Waals surface area (Å²) in [4.78, 5) is 16.8. The molecule has 0 N–H and O–H groups in total. The monoisotopic (exact) mass is 811 g/mol. The highest BCUT2D eigenvalue weighted by atomic mass is 127. The lowest BCUT2D eigenvalue weighted by Crippen LogP contribution is -2.05. The van der Waals surface area contributed by atoms with Crippen molar-refractivity contribution < 1.29 is 14.3 Å². The molecular formula is C23H13BrI3NO3. The largest absolute Gasteiger partial charge is 0.487 e. The summed E-state index contributed by atoms with van der Waals surface area (Å²) in [6.07, 6.45) is 1.74. The van der Waals surface area contributed by atoms with Crippen LogP contribution in [0.2, 0.25) is 0 Å². The SMILES string of the molecule is O=C1OC(c2ccccc2Br)=N/C1=C\c1cc(I)c(OCc2ccccc2I)c(I)c1. The Balaban J connectivity index is 1.58. The average Bonchev–Trinajstić information content (AvgIpc) is 3.09. The van der Waals surface area contributed by atoms with Crippen LogP contribution in [0.15, 0.2) is 75.8 Å². The summed E-state index contributed by atoms with van der Waals surface area (Å²) in [7, 11) is 0. The van der Waals surface area contributed by atoms with Crippen LogP contribution in [0.3, 0.4) is 0 Å². The van der Waals surface area contributed by atoms with Crippen LogP contribution < -0.4 is 4.74 Å². The molecular weight excluding hydrogens is 799 g/mol. The Kier molecular flexibility index (Phi) is 7.70. The first-order valence-corrected chi connectivity index (χ1v) is 13.1. The van der Waals surface area contributed by atoms with Crippen molar-refractivity contribution in [3.8, 4) is 5.75 Å². The summed E-state index contributed by atoms with van der Waals surface area (Å²) in [6, 6.07) is 19.6. The van der Waals surface area contributed by atoms with Crippen molar-refractivity contribution in [2.45, 2.75) is 6.61 Å². The van der Waals surface area contributed by atoms with Gasteiger partial charge in [-0.3, -0.25) is 0 Å². The lowest BCUT2D eigenvalue weighted by molar-refractivity contribution is -0.129. The first kappa shape index (κ1) is 23.2. The van der Waals surface area contributed by atoms with E-state index in [9.17, 15) is 4.79 Å². The van der Waals surface area contributed by atoms with Gasteiger partial charge in [-0.05, 0) is 126 Å². The number of carbonyl (C=O) groups is 1. The van der Waals surface area contributed by atoms with Crippen molar-refractivity contribution in [2.24, 2.45) is 4.99 Å². The van der Waals surface area contributed by atoms with Crippen molar-refractivity contribution in [2.75, 3.05) is 0 Å². The van der Waals surface area contributed by atoms with Gasteiger partial charge in [0.15, 0.2) is 5.70 Å². The topological polar surface area (TPSA) is 47.9 Å². The highest BCUT2D eigenvalue weighted by molar-refractivity contribution is 14.1. The van der Waals surface area contributed by atoms with Crippen LogP contribution in [0.25, 0.3) is 6.08 Å². The first-order valence-electron chi connectivity index (χ1n) is 9.05. The number of benzene rings is 3. The van der Waals surface area contributed by atoms with Gasteiger partial charge in [0.05, 0.1) is 12.7 Å². The van der Waals surface area contributed by atoms with E-state index in [4.69, 9.17) is 9.47 Å². The van der Waals surface area contributed by atoms with Crippen LogP contribution >= 0.6 is 83.7 Å².